The van der Waals surface area contributed by atoms with Crippen molar-refractivity contribution in [1.82, 2.24) is 4.90 Å². The molecule has 1 aliphatic rings. The zero-order valence-electron chi connectivity index (χ0n) is 10.5. The molecule has 2 aromatic heterocycles. The van der Waals surface area contributed by atoms with Crippen molar-refractivity contribution in [3.63, 3.8) is 0 Å². The van der Waals surface area contributed by atoms with Gasteiger partial charge in [0.1, 0.15) is 0 Å². The first-order valence-corrected chi connectivity index (χ1v) is 7.89. The van der Waals surface area contributed by atoms with E-state index in [0.717, 1.165) is 14.3 Å². The number of rotatable bonds is 2. The zero-order chi connectivity index (χ0) is 13.4. The lowest BCUT2D eigenvalue weighted by Gasteiger charge is -2.37. The van der Waals surface area contributed by atoms with Crippen molar-refractivity contribution in [2.45, 2.75) is 19.1 Å². The van der Waals surface area contributed by atoms with Crippen LogP contribution in [-0.4, -0.2) is 47.8 Å². The monoisotopic (exact) mass is 297 g/mol. The zero-order valence-corrected chi connectivity index (χ0v) is 12.2. The van der Waals surface area contributed by atoms with E-state index in [1.807, 2.05) is 24.4 Å². The normalized spacial score (nSPS) is 24.0. The van der Waals surface area contributed by atoms with E-state index in [0.29, 0.717) is 13.2 Å². The molecule has 2 atom stereocenters. The highest BCUT2D eigenvalue weighted by Crippen LogP contribution is 2.31. The second kappa shape index (κ2) is 5.20. The van der Waals surface area contributed by atoms with Crippen molar-refractivity contribution in [3.8, 4) is 0 Å². The number of ether oxygens (including phenoxy) is 1. The first kappa shape index (κ1) is 13.1. The molecular weight excluding hydrogens is 282 g/mol. The molecule has 0 aliphatic carbocycles. The van der Waals surface area contributed by atoms with Gasteiger partial charge in [-0.05, 0) is 24.4 Å². The van der Waals surface area contributed by atoms with Crippen LogP contribution < -0.4 is 0 Å². The lowest BCUT2D eigenvalue weighted by molar-refractivity contribution is -0.0666. The summed E-state index contributed by atoms with van der Waals surface area (Å²) in [6.07, 6.45) is -0.263. The largest absolute Gasteiger partial charge is 0.394 e. The van der Waals surface area contributed by atoms with Crippen LogP contribution in [-0.2, 0) is 4.74 Å². The summed E-state index contributed by atoms with van der Waals surface area (Å²) in [6, 6.07) is 4.06. The van der Waals surface area contributed by atoms with Gasteiger partial charge in [-0.3, -0.25) is 4.79 Å². The van der Waals surface area contributed by atoms with Gasteiger partial charge in [0.15, 0.2) is 0 Å². The Kier molecular flexibility index (Phi) is 3.58. The summed E-state index contributed by atoms with van der Waals surface area (Å²) in [5, 5.41) is 11.2. The number of hydrogen-bond donors (Lipinski definition) is 1. The second-order valence-corrected chi connectivity index (χ2v) is 6.74. The summed E-state index contributed by atoms with van der Waals surface area (Å²) in [7, 11) is 0. The average Bonchev–Trinajstić information content (AvgIpc) is 2.99. The first-order valence-electron chi connectivity index (χ1n) is 6.19. The molecule has 2 aromatic rings. The standard InChI is InChI=1S/C13H15NO3S2/c1-8-7-17-9(6-15)5-14(8)13(16)12-4-11-10(19-12)2-3-18-11/h2-4,8-9,15H,5-7H2,1H3. The summed E-state index contributed by atoms with van der Waals surface area (Å²) in [4.78, 5) is 15.1. The van der Waals surface area contributed by atoms with Gasteiger partial charge >= 0.3 is 0 Å². The highest BCUT2D eigenvalue weighted by atomic mass is 32.1. The molecule has 1 saturated heterocycles. The van der Waals surface area contributed by atoms with Gasteiger partial charge in [-0.25, -0.2) is 0 Å². The predicted octanol–water partition coefficient (Wildman–Crippen LogP) is 2.18. The Hall–Kier alpha value is -0.950. The quantitative estimate of drug-likeness (QED) is 0.924. The Morgan fingerprint density at radius 1 is 1.58 bits per heavy atom. The van der Waals surface area contributed by atoms with Crippen molar-refractivity contribution < 1.29 is 14.6 Å². The molecule has 1 fully saturated rings. The Morgan fingerprint density at radius 2 is 2.42 bits per heavy atom. The van der Waals surface area contributed by atoms with E-state index in [2.05, 4.69) is 0 Å². The third-order valence-corrected chi connectivity index (χ3v) is 5.40. The maximum absolute atomic E-state index is 12.5. The van der Waals surface area contributed by atoms with Gasteiger partial charge in [0.2, 0.25) is 0 Å². The van der Waals surface area contributed by atoms with Crippen LogP contribution in [0.2, 0.25) is 0 Å². The molecule has 6 heteroatoms. The number of aliphatic hydroxyl groups is 1. The van der Waals surface area contributed by atoms with Crippen molar-refractivity contribution in [2.75, 3.05) is 19.8 Å². The highest BCUT2D eigenvalue weighted by molar-refractivity contribution is 7.27. The van der Waals surface area contributed by atoms with Crippen LogP contribution in [0.1, 0.15) is 16.6 Å². The fourth-order valence-corrected chi connectivity index (χ4v) is 4.29. The maximum atomic E-state index is 12.5. The van der Waals surface area contributed by atoms with E-state index in [1.165, 1.54) is 11.3 Å². The summed E-state index contributed by atoms with van der Waals surface area (Å²) in [5.41, 5.74) is 0. The number of thiophene rings is 2. The van der Waals surface area contributed by atoms with Crippen LogP contribution in [0.4, 0.5) is 0 Å². The smallest absolute Gasteiger partial charge is 0.264 e. The molecule has 1 N–H and O–H groups in total. The maximum Gasteiger partial charge on any atom is 0.264 e. The minimum atomic E-state index is -0.263. The van der Waals surface area contributed by atoms with Gasteiger partial charge in [-0.1, -0.05) is 0 Å². The third-order valence-electron chi connectivity index (χ3n) is 3.32. The lowest BCUT2D eigenvalue weighted by Crippen LogP contribution is -2.51. The summed E-state index contributed by atoms with van der Waals surface area (Å²) < 4.78 is 7.78. The van der Waals surface area contributed by atoms with Crippen LogP contribution in [0.3, 0.4) is 0 Å². The van der Waals surface area contributed by atoms with Crippen LogP contribution in [0, 0.1) is 0 Å². The molecule has 19 heavy (non-hydrogen) atoms. The van der Waals surface area contributed by atoms with Gasteiger partial charge in [-0.15, -0.1) is 22.7 Å². The molecule has 0 spiro atoms. The van der Waals surface area contributed by atoms with Gasteiger partial charge in [0, 0.05) is 15.9 Å². The molecule has 4 nitrogen and oxygen atoms in total. The minimum absolute atomic E-state index is 0.0441. The lowest BCUT2D eigenvalue weighted by atomic mass is 10.2. The molecule has 102 valence electrons. The molecule has 0 bridgehead atoms. The fourth-order valence-electron chi connectivity index (χ4n) is 2.22. The van der Waals surface area contributed by atoms with Crippen LogP contribution >= 0.6 is 22.7 Å². The molecule has 0 saturated carbocycles. The fraction of sp³-hybridized carbons (Fsp3) is 0.462. The number of morpholine rings is 1. The Bertz CT molecular complexity index is 563. The van der Waals surface area contributed by atoms with Crippen LogP contribution in [0.15, 0.2) is 17.5 Å². The van der Waals surface area contributed by atoms with Gasteiger partial charge in [0.25, 0.3) is 5.91 Å². The van der Waals surface area contributed by atoms with Crippen molar-refractivity contribution >= 4 is 38.0 Å². The molecule has 2 unspecified atom stereocenters. The van der Waals surface area contributed by atoms with E-state index < -0.39 is 0 Å². The van der Waals surface area contributed by atoms with E-state index in [9.17, 15) is 9.90 Å². The number of carbonyl (C=O) groups is 1. The Morgan fingerprint density at radius 3 is 3.16 bits per heavy atom. The number of aliphatic hydroxyl groups excluding tert-OH is 1. The number of carbonyl (C=O) groups excluding carboxylic acids is 1. The van der Waals surface area contributed by atoms with E-state index >= 15 is 0 Å². The SMILES string of the molecule is CC1COC(CO)CN1C(=O)c1cc2sccc2s1. The summed E-state index contributed by atoms with van der Waals surface area (Å²) in [5.74, 6) is 0.0441. The van der Waals surface area contributed by atoms with Gasteiger partial charge in [0.05, 0.1) is 30.2 Å². The van der Waals surface area contributed by atoms with Crippen LogP contribution in [0.25, 0.3) is 9.40 Å². The van der Waals surface area contributed by atoms with E-state index in [4.69, 9.17) is 4.74 Å². The molecular formula is C13H15NO3S2. The molecule has 3 rings (SSSR count). The second-order valence-electron chi connectivity index (χ2n) is 4.70. The highest BCUT2D eigenvalue weighted by Gasteiger charge is 2.30. The molecule has 3 heterocycles. The van der Waals surface area contributed by atoms with E-state index in [1.54, 1.807) is 16.2 Å². The first-order chi connectivity index (χ1) is 9.19. The average molecular weight is 297 g/mol. The van der Waals surface area contributed by atoms with Gasteiger partial charge in [-0.2, -0.15) is 0 Å². The topological polar surface area (TPSA) is 49.8 Å². The number of amides is 1. The predicted molar refractivity (Wildman–Crippen MR) is 77.0 cm³/mol. The van der Waals surface area contributed by atoms with Crippen molar-refractivity contribution in [3.05, 3.63) is 22.4 Å². The third kappa shape index (κ3) is 2.41. The molecule has 1 amide bonds. The Labute approximate surface area is 119 Å². The summed E-state index contributed by atoms with van der Waals surface area (Å²) in [6.45, 7) is 2.87. The van der Waals surface area contributed by atoms with Crippen molar-refractivity contribution in [1.29, 1.82) is 0 Å². The molecule has 0 aromatic carbocycles. The number of fused-ring (bicyclic) bond motifs is 1. The number of hydrogen-bond acceptors (Lipinski definition) is 5. The minimum Gasteiger partial charge on any atom is -0.394 e. The summed E-state index contributed by atoms with van der Waals surface area (Å²) >= 11 is 3.19. The van der Waals surface area contributed by atoms with Gasteiger partial charge < -0.3 is 14.7 Å². The van der Waals surface area contributed by atoms with Crippen LogP contribution in [0.5, 0.6) is 0 Å². The number of nitrogens with zero attached hydrogens (tertiary/aromatic N) is 1. The molecule has 0 radical (unpaired) electrons. The van der Waals surface area contributed by atoms with E-state index in [-0.39, 0.29) is 24.7 Å². The Balaban J connectivity index is 1.83. The van der Waals surface area contributed by atoms with Crippen molar-refractivity contribution in [2.24, 2.45) is 0 Å². The molecule has 1 aliphatic heterocycles.